The normalized spacial score (nSPS) is 10.8. The zero-order valence-electron chi connectivity index (χ0n) is 14.0. The maximum absolute atomic E-state index is 12.3. The molecule has 0 radical (unpaired) electrons. The van der Waals surface area contributed by atoms with Crippen LogP contribution in [0, 0.1) is 13.8 Å². The van der Waals surface area contributed by atoms with E-state index in [1.807, 2.05) is 31.2 Å². The van der Waals surface area contributed by atoms with Crippen molar-refractivity contribution in [3.05, 3.63) is 41.1 Å². The van der Waals surface area contributed by atoms with Crippen LogP contribution in [0.25, 0.3) is 10.9 Å². The summed E-state index contributed by atoms with van der Waals surface area (Å²) in [6, 6.07) is 7.78. The summed E-state index contributed by atoms with van der Waals surface area (Å²) in [5, 5.41) is 3.67. The second-order valence-electron chi connectivity index (χ2n) is 5.86. The number of carbonyl (C=O) groups is 2. The van der Waals surface area contributed by atoms with Crippen molar-refractivity contribution >= 4 is 22.8 Å². The minimum Gasteiger partial charge on any atom is -0.463 e. The molecule has 1 aromatic carbocycles. The van der Waals surface area contributed by atoms with Crippen molar-refractivity contribution in [1.29, 1.82) is 0 Å². The third-order valence-corrected chi connectivity index (χ3v) is 3.39. The molecule has 0 atom stereocenters. The lowest BCUT2D eigenvalue weighted by molar-refractivity contribution is -0.147. The first-order valence-corrected chi connectivity index (χ1v) is 7.72. The number of hydrogen-bond acceptors (Lipinski definition) is 4. The summed E-state index contributed by atoms with van der Waals surface area (Å²) in [7, 11) is 0. The summed E-state index contributed by atoms with van der Waals surface area (Å²) in [6.45, 7) is 7.64. The van der Waals surface area contributed by atoms with Crippen molar-refractivity contribution in [3.63, 3.8) is 0 Å². The molecule has 0 spiro atoms. The van der Waals surface area contributed by atoms with Gasteiger partial charge in [0.25, 0.3) is 5.91 Å². The number of hydrogen-bond donors (Lipinski definition) is 1. The van der Waals surface area contributed by atoms with Gasteiger partial charge in [0.15, 0.2) is 0 Å². The Balaban J connectivity index is 2.06. The van der Waals surface area contributed by atoms with E-state index in [0.717, 1.165) is 16.5 Å². The maximum atomic E-state index is 12.3. The molecule has 5 heteroatoms. The van der Waals surface area contributed by atoms with Crippen LogP contribution in [0.2, 0.25) is 0 Å². The number of benzene rings is 1. The van der Waals surface area contributed by atoms with Crippen LogP contribution in [0.1, 0.15) is 41.9 Å². The number of aromatic nitrogens is 1. The highest BCUT2D eigenvalue weighted by molar-refractivity contribution is 5.98. The van der Waals surface area contributed by atoms with Crippen LogP contribution in [0.3, 0.4) is 0 Å². The monoisotopic (exact) mass is 314 g/mol. The lowest BCUT2D eigenvalue weighted by atomic mass is 10.1. The number of rotatable bonds is 5. The molecule has 1 N–H and O–H groups in total. The van der Waals surface area contributed by atoms with E-state index in [2.05, 4.69) is 10.3 Å². The Morgan fingerprint density at radius 3 is 2.65 bits per heavy atom. The van der Waals surface area contributed by atoms with Crippen LogP contribution in [0.4, 0.5) is 0 Å². The molecule has 1 amide bonds. The topological polar surface area (TPSA) is 68.3 Å². The second kappa shape index (κ2) is 7.22. The molecule has 0 saturated carbocycles. The van der Waals surface area contributed by atoms with Crippen molar-refractivity contribution in [1.82, 2.24) is 10.3 Å². The van der Waals surface area contributed by atoms with Gasteiger partial charge >= 0.3 is 5.97 Å². The quantitative estimate of drug-likeness (QED) is 0.862. The molecule has 0 aliphatic heterocycles. The Morgan fingerprint density at radius 2 is 1.96 bits per heavy atom. The molecule has 2 aromatic rings. The number of nitrogens with zero attached hydrogens (tertiary/aromatic N) is 1. The lowest BCUT2D eigenvalue weighted by Gasteiger charge is -2.10. The average molecular weight is 314 g/mol. The number of esters is 1. The Labute approximate surface area is 136 Å². The molecule has 0 aliphatic rings. The molecule has 23 heavy (non-hydrogen) atoms. The Kier molecular flexibility index (Phi) is 5.32. The van der Waals surface area contributed by atoms with Gasteiger partial charge in [0.05, 0.1) is 29.3 Å². The molecule has 0 unspecified atom stereocenters. The van der Waals surface area contributed by atoms with Gasteiger partial charge in [0.1, 0.15) is 0 Å². The van der Waals surface area contributed by atoms with Gasteiger partial charge in [-0.25, -0.2) is 0 Å². The number of amides is 1. The first-order chi connectivity index (χ1) is 10.9. The number of fused-ring (bicyclic) bond motifs is 1. The van der Waals surface area contributed by atoms with E-state index in [0.29, 0.717) is 11.3 Å². The fourth-order valence-electron chi connectivity index (χ4n) is 2.32. The minimum absolute atomic E-state index is 0.145. The van der Waals surface area contributed by atoms with Gasteiger partial charge in [0, 0.05) is 11.9 Å². The average Bonchev–Trinajstić information content (AvgIpc) is 2.46. The van der Waals surface area contributed by atoms with Gasteiger partial charge in [-0.3, -0.25) is 14.6 Å². The van der Waals surface area contributed by atoms with Crippen LogP contribution in [-0.4, -0.2) is 29.5 Å². The van der Waals surface area contributed by atoms with Crippen molar-refractivity contribution in [3.8, 4) is 0 Å². The summed E-state index contributed by atoms with van der Waals surface area (Å²) in [5.74, 6) is -0.542. The van der Waals surface area contributed by atoms with Gasteiger partial charge in [-0.05, 0) is 45.9 Å². The first kappa shape index (κ1) is 16.9. The molecule has 1 heterocycles. The largest absolute Gasteiger partial charge is 0.463 e. The molecular formula is C18H22N2O3. The third-order valence-electron chi connectivity index (χ3n) is 3.39. The van der Waals surface area contributed by atoms with Gasteiger partial charge < -0.3 is 10.1 Å². The SMILES string of the molecule is Cc1ccc2nc(C)c(C(=O)NCCC(=O)OC(C)C)cc2c1. The number of pyridine rings is 1. The number of aryl methyl sites for hydroxylation is 2. The summed E-state index contributed by atoms with van der Waals surface area (Å²) in [5.41, 5.74) is 3.18. The van der Waals surface area contributed by atoms with E-state index < -0.39 is 0 Å². The van der Waals surface area contributed by atoms with Gasteiger partial charge in [-0.1, -0.05) is 11.6 Å². The van der Waals surface area contributed by atoms with Crippen molar-refractivity contribution in [2.75, 3.05) is 6.54 Å². The number of carbonyl (C=O) groups excluding carboxylic acids is 2. The van der Waals surface area contributed by atoms with Crippen LogP contribution >= 0.6 is 0 Å². The van der Waals surface area contributed by atoms with Crippen LogP contribution in [0.5, 0.6) is 0 Å². The molecule has 5 nitrogen and oxygen atoms in total. The number of nitrogens with one attached hydrogen (secondary N) is 1. The molecule has 0 aliphatic carbocycles. The van der Waals surface area contributed by atoms with E-state index in [9.17, 15) is 9.59 Å². The van der Waals surface area contributed by atoms with E-state index in [1.54, 1.807) is 20.8 Å². The van der Waals surface area contributed by atoms with Crippen molar-refractivity contribution in [2.24, 2.45) is 0 Å². The van der Waals surface area contributed by atoms with Crippen LogP contribution < -0.4 is 5.32 Å². The molecular weight excluding hydrogens is 292 g/mol. The van der Waals surface area contributed by atoms with Crippen LogP contribution in [-0.2, 0) is 9.53 Å². The summed E-state index contributed by atoms with van der Waals surface area (Å²) in [4.78, 5) is 28.2. The predicted molar refractivity (Wildman–Crippen MR) is 89.4 cm³/mol. The molecule has 0 saturated heterocycles. The van der Waals surface area contributed by atoms with Gasteiger partial charge in [-0.15, -0.1) is 0 Å². The lowest BCUT2D eigenvalue weighted by Crippen LogP contribution is -2.28. The van der Waals surface area contributed by atoms with E-state index in [1.165, 1.54) is 0 Å². The van der Waals surface area contributed by atoms with E-state index in [-0.39, 0.29) is 30.9 Å². The molecule has 0 fully saturated rings. The van der Waals surface area contributed by atoms with Gasteiger partial charge in [-0.2, -0.15) is 0 Å². The second-order valence-corrected chi connectivity index (χ2v) is 5.86. The highest BCUT2D eigenvalue weighted by atomic mass is 16.5. The molecule has 122 valence electrons. The fourth-order valence-corrected chi connectivity index (χ4v) is 2.32. The zero-order chi connectivity index (χ0) is 17.0. The molecule has 0 bridgehead atoms. The van der Waals surface area contributed by atoms with Crippen molar-refractivity contribution < 1.29 is 14.3 Å². The van der Waals surface area contributed by atoms with Crippen LogP contribution in [0.15, 0.2) is 24.3 Å². The third kappa shape index (κ3) is 4.52. The van der Waals surface area contributed by atoms with E-state index >= 15 is 0 Å². The predicted octanol–water partition coefficient (Wildman–Crippen LogP) is 2.92. The Bertz CT molecular complexity index is 738. The highest BCUT2D eigenvalue weighted by Crippen LogP contribution is 2.18. The van der Waals surface area contributed by atoms with Gasteiger partial charge in [0.2, 0.25) is 0 Å². The minimum atomic E-state index is -0.315. The first-order valence-electron chi connectivity index (χ1n) is 7.72. The number of ether oxygens (including phenoxy) is 1. The molecule has 2 rings (SSSR count). The highest BCUT2D eigenvalue weighted by Gasteiger charge is 2.12. The standard InChI is InChI=1S/C18H22N2O3/c1-11(2)23-17(21)7-8-19-18(22)15-10-14-9-12(3)5-6-16(14)20-13(15)4/h5-6,9-11H,7-8H2,1-4H3,(H,19,22). The molecule has 1 aromatic heterocycles. The maximum Gasteiger partial charge on any atom is 0.307 e. The van der Waals surface area contributed by atoms with Crippen molar-refractivity contribution in [2.45, 2.75) is 40.2 Å². The zero-order valence-corrected chi connectivity index (χ0v) is 14.0. The summed E-state index contributed by atoms with van der Waals surface area (Å²) < 4.78 is 5.03. The fraction of sp³-hybridized carbons (Fsp3) is 0.389. The van der Waals surface area contributed by atoms with E-state index in [4.69, 9.17) is 4.74 Å². The smallest absolute Gasteiger partial charge is 0.307 e. The summed E-state index contributed by atoms with van der Waals surface area (Å²) >= 11 is 0. The Morgan fingerprint density at radius 1 is 1.22 bits per heavy atom. The summed E-state index contributed by atoms with van der Waals surface area (Å²) in [6.07, 6.45) is 0.0108. The Hall–Kier alpha value is -2.43.